The highest BCUT2D eigenvalue weighted by atomic mass is 32.1. The summed E-state index contributed by atoms with van der Waals surface area (Å²) in [6.45, 7) is 2.08. The number of aryl methyl sites for hydroxylation is 1. The molecule has 0 spiro atoms. The van der Waals surface area contributed by atoms with E-state index in [0.29, 0.717) is 12.0 Å². The average molecular weight is 278 g/mol. The maximum Gasteiger partial charge on any atom is 0.168 e. The number of thiophene rings is 1. The van der Waals surface area contributed by atoms with Crippen LogP contribution in [0.4, 0.5) is 4.39 Å². The molecule has 2 aromatic rings. The van der Waals surface area contributed by atoms with Crippen LogP contribution in [0.3, 0.4) is 0 Å². The van der Waals surface area contributed by atoms with Crippen molar-refractivity contribution in [3.05, 3.63) is 51.5 Å². The highest BCUT2D eigenvalue weighted by molar-refractivity contribution is 7.12. The molecule has 1 heterocycles. The molecule has 1 aromatic heterocycles. The van der Waals surface area contributed by atoms with Gasteiger partial charge in [-0.2, -0.15) is 0 Å². The van der Waals surface area contributed by atoms with Gasteiger partial charge in [0.25, 0.3) is 0 Å². The molecule has 0 aliphatic rings. The lowest BCUT2D eigenvalue weighted by Gasteiger charge is -2.04. The molecule has 0 fully saturated rings. The molecule has 0 atom stereocenters. The molecule has 1 aromatic carbocycles. The minimum Gasteiger partial charge on any atom is -0.494 e. The summed E-state index contributed by atoms with van der Waals surface area (Å²) in [7, 11) is 1.40. The average Bonchev–Trinajstić information content (AvgIpc) is 2.86. The first-order chi connectivity index (χ1) is 9.13. The minimum absolute atomic E-state index is 0.0777. The maximum absolute atomic E-state index is 13.5. The Kier molecular flexibility index (Phi) is 4.32. The molecule has 19 heavy (non-hydrogen) atoms. The lowest BCUT2D eigenvalue weighted by molar-refractivity contribution is 0.0993. The molecule has 0 unspecified atom stereocenters. The first-order valence-corrected chi connectivity index (χ1v) is 6.90. The molecule has 0 N–H and O–H groups in total. The van der Waals surface area contributed by atoms with Crippen molar-refractivity contribution in [1.82, 2.24) is 0 Å². The Morgan fingerprint density at radius 2 is 2.00 bits per heavy atom. The molecular formula is C15H15FO2S. The number of ketones is 1. The van der Waals surface area contributed by atoms with Crippen molar-refractivity contribution in [1.29, 1.82) is 0 Å². The number of rotatable bonds is 5. The van der Waals surface area contributed by atoms with E-state index < -0.39 is 5.82 Å². The fourth-order valence-corrected chi connectivity index (χ4v) is 2.76. The van der Waals surface area contributed by atoms with E-state index in [1.165, 1.54) is 24.1 Å². The quantitative estimate of drug-likeness (QED) is 0.776. The van der Waals surface area contributed by atoms with Crippen LogP contribution >= 0.6 is 11.3 Å². The van der Waals surface area contributed by atoms with Crippen molar-refractivity contribution < 1.29 is 13.9 Å². The Morgan fingerprint density at radius 3 is 2.58 bits per heavy atom. The third-order valence-electron chi connectivity index (χ3n) is 2.87. The zero-order valence-corrected chi connectivity index (χ0v) is 11.7. The van der Waals surface area contributed by atoms with Gasteiger partial charge in [0.1, 0.15) is 0 Å². The van der Waals surface area contributed by atoms with Gasteiger partial charge in [-0.05, 0) is 36.8 Å². The molecular weight excluding hydrogens is 263 g/mol. The van der Waals surface area contributed by atoms with Crippen LogP contribution in [-0.2, 0) is 12.8 Å². The zero-order valence-electron chi connectivity index (χ0n) is 10.9. The molecule has 0 radical (unpaired) electrons. The minimum atomic E-state index is -0.506. The number of methoxy groups -OCH3 is 1. The summed E-state index contributed by atoms with van der Waals surface area (Å²) < 4.78 is 18.4. The Morgan fingerprint density at radius 1 is 1.26 bits per heavy atom. The second-order valence-corrected chi connectivity index (χ2v) is 5.42. The van der Waals surface area contributed by atoms with E-state index in [2.05, 4.69) is 6.92 Å². The Bertz CT molecular complexity index is 590. The Hall–Kier alpha value is -1.68. The van der Waals surface area contributed by atoms with Crippen LogP contribution in [-0.4, -0.2) is 12.9 Å². The number of hydrogen-bond acceptors (Lipinski definition) is 3. The lowest BCUT2D eigenvalue weighted by Crippen LogP contribution is -2.03. The number of Topliss-reactive ketones (excluding diaryl/α,β-unsaturated/α-hetero) is 1. The molecule has 2 nitrogen and oxygen atoms in total. The molecule has 100 valence electrons. The number of benzene rings is 1. The summed E-state index contributed by atoms with van der Waals surface area (Å²) in [4.78, 5) is 14.3. The molecule has 0 saturated carbocycles. The Labute approximate surface area is 115 Å². The molecule has 0 saturated heterocycles. The van der Waals surface area contributed by atoms with Crippen molar-refractivity contribution in [3.63, 3.8) is 0 Å². The van der Waals surface area contributed by atoms with Gasteiger partial charge in [0, 0.05) is 21.7 Å². The third kappa shape index (κ3) is 3.20. The Balaban J connectivity index is 2.13. The van der Waals surface area contributed by atoms with Crippen LogP contribution in [0.1, 0.15) is 27.0 Å². The number of hydrogen-bond donors (Lipinski definition) is 0. The van der Waals surface area contributed by atoms with Gasteiger partial charge in [-0.25, -0.2) is 4.39 Å². The van der Waals surface area contributed by atoms with Crippen LogP contribution in [0.2, 0.25) is 0 Å². The third-order valence-corrected chi connectivity index (χ3v) is 4.10. The summed E-state index contributed by atoms with van der Waals surface area (Å²) >= 11 is 1.63. The van der Waals surface area contributed by atoms with Crippen molar-refractivity contribution in [2.45, 2.75) is 19.8 Å². The number of carbonyl (C=O) groups excluding carboxylic acids is 1. The van der Waals surface area contributed by atoms with Crippen LogP contribution in [0.25, 0.3) is 0 Å². The maximum atomic E-state index is 13.5. The largest absolute Gasteiger partial charge is 0.494 e. The summed E-state index contributed by atoms with van der Waals surface area (Å²) in [6.07, 6.45) is 1.28. The summed E-state index contributed by atoms with van der Waals surface area (Å²) in [5.41, 5.74) is 0.379. The first-order valence-electron chi connectivity index (χ1n) is 6.08. The van der Waals surface area contributed by atoms with Gasteiger partial charge in [-0.3, -0.25) is 4.79 Å². The van der Waals surface area contributed by atoms with E-state index in [-0.39, 0.29) is 11.5 Å². The molecule has 0 aliphatic heterocycles. The van der Waals surface area contributed by atoms with E-state index in [9.17, 15) is 9.18 Å². The molecule has 0 aliphatic carbocycles. The molecule has 0 bridgehead atoms. The van der Waals surface area contributed by atoms with Crippen LogP contribution in [0.15, 0.2) is 30.3 Å². The second-order valence-electron chi connectivity index (χ2n) is 4.17. The summed E-state index contributed by atoms with van der Waals surface area (Å²) in [5.74, 6) is -0.430. The summed E-state index contributed by atoms with van der Waals surface area (Å²) in [5, 5.41) is 0. The zero-order chi connectivity index (χ0) is 13.8. The van der Waals surface area contributed by atoms with Crippen LogP contribution in [0, 0.1) is 5.82 Å². The molecule has 2 rings (SSSR count). The SMILES string of the molecule is CCc1ccc(CC(=O)c2ccc(OC)c(F)c2)s1. The predicted molar refractivity (Wildman–Crippen MR) is 74.7 cm³/mol. The fourth-order valence-electron chi connectivity index (χ4n) is 1.81. The molecule has 0 amide bonds. The van der Waals surface area contributed by atoms with E-state index in [1.54, 1.807) is 17.4 Å². The van der Waals surface area contributed by atoms with Gasteiger partial charge in [0.15, 0.2) is 17.3 Å². The van der Waals surface area contributed by atoms with Gasteiger partial charge in [-0.15, -0.1) is 11.3 Å². The van der Waals surface area contributed by atoms with Crippen LogP contribution in [0.5, 0.6) is 5.75 Å². The number of halogens is 1. The van der Waals surface area contributed by atoms with E-state index in [4.69, 9.17) is 4.74 Å². The number of carbonyl (C=O) groups is 1. The fraction of sp³-hybridized carbons (Fsp3) is 0.267. The van der Waals surface area contributed by atoms with Crippen LogP contribution < -0.4 is 4.74 Å². The van der Waals surface area contributed by atoms with E-state index >= 15 is 0 Å². The standard InChI is InChI=1S/C15H15FO2S/c1-3-11-5-6-12(19-11)9-14(17)10-4-7-15(18-2)13(16)8-10/h4-8H,3,9H2,1-2H3. The first kappa shape index (κ1) is 13.7. The predicted octanol–water partition coefficient (Wildman–Crippen LogP) is 3.88. The van der Waals surface area contributed by atoms with Crippen molar-refractivity contribution in [3.8, 4) is 5.75 Å². The number of ether oxygens (including phenoxy) is 1. The van der Waals surface area contributed by atoms with Gasteiger partial charge < -0.3 is 4.74 Å². The smallest absolute Gasteiger partial charge is 0.168 e. The van der Waals surface area contributed by atoms with Gasteiger partial charge in [0.2, 0.25) is 0 Å². The van der Waals surface area contributed by atoms with Gasteiger partial charge in [0.05, 0.1) is 7.11 Å². The second kappa shape index (κ2) is 5.97. The van der Waals surface area contributed by atoms with Crippen molar-refractivity contribution in [2.75, 3.05) is 7.11 Å². The van der Waals surface area contributed by atoms with E-state index in [0.717, 1.165) is 11.3 Å². The monoisotopic (exact) mass is 278 g/mol. The van der Waals surface area contributed by atoms with Crippen molar-refractivity contribution >= 4 is 17.1 Å². The van der Waals surface area contributed by atoms with Crippen molar-refractivity contribution in [2.24, 2.45) is 0 Å². The lowest BCUT2D eigenvalue weighted by atomic mass is 10.1. The molecule has 4 heteroatoms. The van der Waals surface area contributed by atoms with Gasteiger partial charge in [-0.1, -0.05) is 6.92 Å². The van der Waals surface area contributed by atoms with Gasteiger partial charge >= 0.3 is 0 Å². The normalized spacial score (nSPS) is 10.5. The van der Waals surface area contributed by atoms with E-state index in [1.807, 2.05) is 12.1 Å². The summed E-state index contributed by atoms with van der Waals surface area (Å²) in [6, 6.07) is 8.30. The highest BCUT2D eigenvalue weighted by Crippen LogP contribution is 2.21. The highest BCUT2D eigenvalue weighted by Gasteiger charge is 2.12. The topological polar surface area (TPSA) is 26.3 Å².